The number of carbonyl (C=O) groups excluding carboxylic acids is 1. The van der Waals surface area contributed by atoms with Crippen LogP contribution in [0.2, 0.25) is 0 Å². The molecule has 3 rings (SSSR count). The molecule has 21 heavy (non-hydrogen) atoms. The maximum absolute atomic E-state index is 12.1. The van der Waals surface area contributed by atoms with Crippen LogP contribution in [0.1, 0.15) is 18.1 Å². The number of ether oxygens (including phenoxy) is 2. The standard InChI is InChI=1S/C18H18O3/c1-17(16(19)20-2)18(21-17,15-11-7-4-8-12-15)13-14-9-5-3-6-10-14/h3-12H,13H2,1-2H3. The normalized spacial score (nSPS) is 27.1. The Labute approximate surface area is 124 Å². The Morgan fingerprint density at radius 3 is 2.19 bits per heavy atom. The molecule has 0 amide bonds. The Balaban J connectivity index is 2.00. The Morgan fingerprint density at radius 2 is 1.62 bits per heavy atom. The molecule has 1 aliphatic heterocycles. The number of carbonyl (C=O) groups is 1. The number of epoxide rings is 1. The minimum Gasteiger partial charge on any atom is -0.467 e. The van der Waals surface area contributed by atoms with Gasteiger partial charge in [-0.25, -0.2) is 4.79 Å². The fourth-order valence-corrected chi connectivity index (χ4v) is 2.96. The van der Waals surface area contributed by atoms with Crippen molar-refractivity contribution in [1.82, 2.24) is 0 Å². The van der Waals surface area contributed by atoms with Gasteiger partial charge in [-0.1, -0.05) is 60.7 Å². The summed E-state index contributed by atoms with van der Waals surface area (Å²) in [5, 5.41) is 0. The number of methoxy groups -OCH3 is 1. The molecule has 1 aliphatic rings. The largest absolute Gasteiger partial charge is 0.467 e. The summed E-state index contributed by atoms with van der Waals surface area (Å²) in [6.45, 7) is 1.80. The lowest BCUT2D eigenvalue weighted by molar-refractivity contribution is -0.146. The molecule has 2 atom stereocenters. The minimum atomic E-state index is -0.932. The van der Waals surface area contributed by atoms with E-state index in [4.69, 9.17) is 9.47 Å². The Hall–Kier alpha value is -2.13. The highest BCUT2D eigenvalue weighted by molar-refractivity contribution is 5.85. The molecule has 0 saturated carbocycles. The van der Waals surface area contributed by atoms with Crippen molar-refractivity contribution >= 4 is 5.97 Å². The van der Waals surface area contributed by atoms with E-state index in [1.54, 1.807) is 6.92 Å². The maximum Gasteiger partial charge on any atom is 0.341 e. The van der Waals surface area contributed by atoms with Crippen molar-refractivity contribution in [1.29, 1.82) is 0 Å². The molecule has 2 aromatic rings. The van der Waals surface area contributed by atoms with Crippen LogP contribution in [0, 0.1) is 0 Å². The zero-order valence-corrected chi connectivity index (χ0v) is 12.2. The number of esters is 1. The molecule has 1 saturated heterocycles. The number of hydrogen-bond donors (Lipinski definition) is 0. The molecular formula is C18H18O3. The molecule has 0 spiro atoms. The van der Waals surface area contributed by atoms with Gasteiger partial charge in [0.25, 0.3) is 0 Å². The summed E-state index contributed by atoms with van der Waals surface area (Å²) < 4.78 is 10.9. The summed E-state index contributed by atoms with van der Waals surface area (Å²) in [6.07, 6.45) is 0.642. The molecule has 0 bridgehead atoms. The van der Waals surface area contributed by atoms with Crippen molar-refractivity contribution in [3.8, 4) is 0 Å². The van der Waals surface area contributed by atoms with E-state index in [0.29, 0.717) is 6.42 Å². The molecular weight excluding hydrogens is 264 g/mol. The van der Waals surface area contributed by atoms with Gasteiger partial charge in [0.1, 0.15) is 5.60 Å². The van der Waals surface area contributed by atoms with Crippen LogP contribution >= 0.6 is 0 Å². The van der Waals surface area contributed by atoms with Gasteiger partial charge in [-0.2, -0.15) is 0 Å². The summed E-state index contributed by atoms with van der Waals surface area (Å²) in [7, 11) is 1.40. The van der Waals surface area contributed by atoms with E-state index in [1.807, 2.05) is 60.7 Å². The van der Waals surface area contributed by atoms with Gasteiger partial charge in [-0.05, 0) is 18.1 Å². The molecule has 0 radical (unpaired) electrons. The third-order valence-electron chi connectivity index (χ3n) is 4.22. The molecule has 3 nitrogen and oxygen atoms in total. The van der Waals surface area contributed by atoms with Crippen LogP contribution in [-0.4, -0.2) is 18.7 Å². The number of hydrogen-bond acceptors (Lipinski definition) is 3. The fourth-order valence-electron chi connectivity index (χ4n) is 2.96. The van der Waals surface area contributed by atoms with E-state index >= 15 is 0 Å². The summed E-state index contributed by atoms with van der Waals surface area (Å²) in [6, 6.07) is 19.9. The summed E-state index contributed by atoms with van der Waals surface area (Å²) in [4.78, 5) is 12.1. The van der Waals surface area contributed by atoms with Crippen molar-refractivity contribution in [3.05, 3.63) is 71.8 Å². The third kappa shape index (κ3) is 2.14. The van der Waals surface area contributed by atoms with Gasteiger partial charge in [0.2, 0.25) is 0 Å². The van der Waals surface area contributed by atoms with Gasteiger partial charge in [-0.3, -0.25) is 0 Å². The van der Waals surface area contributed by atoms with Gasteiger partial charge in [-0.15, -0.1) is 0 Å². The van der Waals surface area contributed by atoms with Crippen LogP contribution in [0.15, 0.2) is 60.7 Å². The maximum atomic E-state index is 12.1. The lowest BCUT2D eigenvalue weighted by atomic mass is 9.82. The smallest absolute Gasteiger partial charge is 0.341 e. The molecule has 108 valence electrons. The highest BCUT2D eigenvalue weighted by Crippen LogP contribution is 2.58. The van der Waals surface area contributed by atoms with Crippen LogP contribution in [-0.2, 0) is 26.3 Å². The average molecular weight is 282 g/mol. The summed E-state index contributed by atoms with van der Waals surface area (Å²) in [5.41, 5.74) is 0.553. The average Bonchev–Trinajstić information content (AvgIpc) is 3.15. The summed E-state index contributed by atoms with van der Waals surface area (Å²) in [5.74, 6) is -0.331. The molecule has 0 N–H and O–H groups in total. The van der Waals surface area contributed by atoms with Gasteiger partial charge < -0.3 is 9.47 Å². The Kier molecular flexibility index (Phi) is 3.30. The van der Waals surface area contributed by atoms with E-state index in [9.17, 15) is 4.79 Å². The quantitative estimate of drug-likeness (QED) is 0.639. The van der Waals surface area contributed by atoms with E-state index in [1.165, 1.54) is 7.11 Å². The van der Waals surface area contributed by atoms with Gasteiger partial charge in [0.05, 0.1) is 7.11 Å². The number of rotatable bonds is 4. The zero-order valence-electron chi connectivity index (χ0n) is 12.2. The first kappa shape index (κ1) is 13.8. The molecule has 0 aliphatic carbocycles. The van der Waals surface area contributed by atoms with Crippen LogP contribution < -0.4 is 0 Å². The van der Waals surface area contributed by atoms with E-state index in [0.717, 1.165) is 11.1 Å². The SMILES string of the molecule is COC(=O)C1(C)OC1(Cc1ccccc1)c1ccccc1. The van der Waals surface area contributed by atoms with Crippen molar-refractivity contribution in [2.75, 3.05) is 7.11 Å². The molecule has 2 aromatic carbocycles. The van der Waals surface area contributed by atoms with Gasteiger partial charge in [0, 0.05) is 6.42 Å². The van der Waals surface area contributed by atoms with E-state index in [-0.39, 0.29) is 5.97 Å². The van der Waals surface area contributed by atoms with Crippen LogP contribution in [0.25, 0.3) is 0 Å². The highest BCUT2D eigenvalue weighted by atomic mass is 16.7. The highest BCUT2D eigenvalue weighted by Gasteiger charge is 2.73. The van der Waals surface area contributed by atoms with Crippen molar-refractivity contribution in [2.45, 2.75) is 24.5 Å². The third-order valence-corrected chi connectivity index (χ3v) is 4.22. The fraction of sp³-hybridized carbons (Fsp3) is 0.278. The Bertz CT molecular complexity index is 638. The molecule has 0 aromatic heterocycles. The predicted molar refractivity (Wildman–Crippen MR) is 79.8 cm³/mol. The topological polar surface area (TPSA) is 38.8 Å². The zero-order chi connectivity index (χ0) is 14.9. The first-order valence-corrected chi connectivity index (χ1v) is 7.00. The van der Waals surface area contributed by atoms with E-state index in [2.05, 4.69) is 0 Å². The predicted octanol–water partition coefficient (Wildman–Crippen LogP) is 3.09. The van der Waals surface area contributed by atoms with Crippen LogP contribution in [0.4, 0.5) is 0 Å². The molecule has 3 heteroatoms. The second kappa shape index (κ2) is 5.01. The lowest BCUT2D eigenvalue weighted by Crippen LogP contribution is -2.32. The molecule has 2 unspecified atom stereocenters. The second-order valence-corrected chi connectivity index (χ2v) is 5.48. The summed E-state index contributed by atoms with van der Waals surface area (Å²) >= 11 is 0. The first-order valence-electron chi connectivity index (χ1n) is 7.00. The second-order valence-electron chi connectivity index (χ2n) is 5.48. The van der Waals surface area contributed by atoms with Crippen LogP contribution in [0.5, 0.6) is 0 Å². The molecule has 1 fully saturated rings. The monoisotopic (exact) mass is 282 g/mol. The first-order chi connectivity index (χ1) is 10.1. The van der Waals surface area contributed by atoms with Gasteiger partial charge in [0.15, 0.2) is 5.60 Å². The van der Waals surface area contributed by atoms with Crippen LogP contribution in [0.3, 0.4) is 0 Å². The van der Waals surface area contributed by atoms with E-state index < -0.39 is 11.2 Å². The van der Waals surface area contributed by atoms with Crippen molar-refractivity contribution < 1.29 is 14.3 Å². The Morgan fingerprint density at radius 1 is 1.05 bits per heavy atom. The van der Waals surface area contributed by atoms with Crippen molar-refractivity contribution in [2.24, 2.45) is 0 Å². The minimum absolute atomic E-state index is 0.331. The van der Waals surface area contributed by atoms with Gasteiger partial charge >= 0.3 is 5.97 Å². The van der Waals surface area contributed by atoms with Crippen molar-refractivity contribution in [3.63, 3.8) is 0 Å². The lowest BCUT2D eigenvalue weighted by Gasteiger charge is -2.17. The number of benzene rings is 2. The molecule has 1 heterocycles.